The number of rotatable bonds is 4. The van der Waals surface area contributed by atoms with Gasteiger partial charge in [-0.3, -0.25) is 4.68 Å². The zero-order valence-electron chi connectivity index (χ0n) is 11.9. The van der Waals surface area contributed by atoms with E-state index in [2.05, 4.69) is 21.0 Å². The number of nitrogens with two attached hydrogens (primary N) is 1. The van der Waals surface area contributed by atoms with Crippen molar-refractivity contribution in [3.05, 3.63) is 39.6 Å². The normalized spacial score (nSPS) is 11.7. The predicted octanol–water partition coefficient (Wildman–Crippen LogP) is 1.97. The minimum absolute atomic E-state index is 0.0801. The van der Waals surface area contributed by atoms with Crippen LogP contribution in [-0.2, 0) is 16.6 Å². The maximum atomic E-state index is 11.6. The van der Waals surface area contributed by atoms with Gasteiger partial charge in [-0.15, -0.1) is 0 Å². The second-order valence-corrected chi connectivity index (χ2v) is 7.07. The number of aromatic nitrogens is 2. The van der Waals surface area contributed by atoms with Gasteiger partial charge in [0.1, 0.15) is 10.6 Å². The Morgan fingerprint density at radius 1 is 1.38 bits per heavy atom. The molecule has 0 bridgehead atoms. The van der Waals surface area contributed by atoms with Crippen LogP contribution in [0.3, 0.4) is 0 Å². The van der Waals surface area contributed by atoms with Crippen LogP contribution >= 0.6 is 15.9 Å². The molecule has 1 aromatic heterocycles. The van der Waals surface area contributed by atoms with E-state index in [0.717, 1.165) is 10.0 Å². The number of hydrogen-bond acceptors (Lipinski definition) is 4. The first-order valence-corrected chi connectivity index (χ1v) is 8.47. The van der Waals surface area contributed by atoms with Gasteiger partial charge in [-0.25, -0.2) is 13.6 Å². The Kier molecular flexibility index (Phi) is 4.40. The van der Waals surface area contributed by atoms with Gasteiger partial charge < -0.3 is 4.74 Å². The highest BCUT2D eigenvalue weighted by Gasteiger charge is 2.21. The van der Waals surface area contributed by atoms with Crippen molar-refractivity contribution in [3.63, 3.8) is 0 Å². The first-order chi connectivity index (χ1) is 9.74. The maximum Gasteiger partial charge on any atom is 0.241 e. The molecule has 0 aliphatic carbocycles. The first kappa shape index (κ1) is 16.0. The molecule has 6 nitrogen and oxygen atoms in total. The van der Waals surface area contributed by atoms with Gasteiger partial charge in [0.2, 0.25) is 10.0 Å². The summed E-state index contributed by atoms with van der Waals surface area (Å²) in [5, 5.41) is 9.50. The number of halogens is 1. The summed E-state index contributed by atoms with van der Waals surface area (Å²) in [7, 11) is -2.20. The Hall–Kier alpha value is -1.38. The summed E-state index contributed by atoms with van der Waals surface area (Å²) in [6, 6.07) is 5.62. The predicted molar refractivity (Wildman–Crippen MR) is 82.9 cm³/mol. The molecule has 0 fully saturated rings. The number of aryl methyl sites for hydroxylation is 1. The number of benzene rings is 1. The molecule has 0 spiro atoms. The van der Waals surface area contributed by atoms with Crippen LogP contribution in [0.1, 0.15) is 17.0 Å². The lowest BCUT2D eigenvalue weighted by Gasteiger charge is -2.10. The van der Waals surface area contributed by atoms with Crippen LogP contribution in [-0.4, -0.2) is 25.3 Å². The van der Waals surface area contributed by atoms with Gasteiger partial charge in [-0.1, -0.05) is 15.9 Å². The Morgan fingerprint density at radius 2 is 2.05 bits per heavy atom. The molecule has 21 heavy (non-hydrogen) atoms. The summed E-state index contributed by atoms with van der Waals surface area (Å²) in [6.45, 7) is 3.70. The van der Waals surface area contributed by atoms with Gasteiger partial charge in [-0.2, -0.15) is 5.10 Å². The number of nitrogens with zero attached hydrogens (tertiary/aromatic N) is 2. The molecule has 114 valence electrons. The molecule has 0 saturated carbocycles. The van der Waals surface area contributed by atoms with Gasteiger partial charge >= 0.3 is 0 Å². The minimum Gasteiger partial charge on any atom is -0.496 e. The van der Waals surface area contributed by atoms with E-state index in [0.29, 0.717) is 23.7 Å². The molecule has 0 saturated heterocycles. The van der Waals surface area contributed by atoms with Gasteiger partial charge in [-0.05, 0) is 32.0 Å². The third-order valence-electron chi connectivity index (χ3n) is 3.16. The second kappa shape index (κ2) is 5.78. The Labute approximate surface area is 132 Å². The lowest BCUT2D eigenvalue weighted by Crippen LogP contribution is -2.14. The number of methoxy groups -OCH3 is 1. The van der Waals surface area contributed by atoms with E-state index < -0.39 is 10.0 Å². The van der Waals surface area contributed by atoms with Crippen LogP contribution in [0.5, 0.6) is 5.75 Å². The highest BCUT2D eigenvalue weighted by atomic mass is 79.9. The van der Waals surface area contributed by atoms with Gasteiger partial charge in [0.25, 0.3) is 0 Å². The third kappa shape index (κ3) is 3.28. The first-order valence-electron chi connectivity index (χ1n) is 6.13. The summed E-state index contributed by atoms with van der Waals surface area (Å²) in [4.78, 5) is 0.0801. The minimum atomic E-state index is -3.78. The van der Waals surface area contributed by atoms with Crippen LogP contribution in [0.25, 0.3) is 0 Å². The number of hydrogen-bond donors (Lipinski definition) is 1. The molecule has 2 rings (SSSR count). The topological polar surface area (TPSA) is 87.2 Å². The monoisotopic (exact) mass is 373 g/mol. The summed E-state index contributed by atoms with van der Waals surface area (Å²) >= 11 is 3.41. The molecule has 2 aromatic rings. The smallest absolute Gasteiger partial charge is 0.241 e. The average Bonchev–Trinajstić information content (AvgIpc) is 2.64. The van der Waals surface area contributed by atoms with E-state index >= 15 is 0 Å². The van der Waals surface area contributed by atoms with Gasteiger partial charge in [0.05, 0.1) is 25.0 Å². The van der Waals surface area contributed by atoms with E-state index in [4.69, 9.17) is 9.88 Å². The molecule has 0 atom stereocenters. The molecular formula is C13H16BrN3O3S. The number of primary sulfonamides is 1. The highest BCUT2D eigenvalue weighted by Crippen LogP contribution is 2.25. The van der Waals surface area contributed by atoms with Crippen molar-refractivity contribution in [2.24, 2.45) is 5.14 Å². The number of ether oxygens (including phenoxy) is 1. The van der Waals surface area contributed by atoms with Crippen molar-refractivity contribution < 1.29 is 13.2 Å². The van der Waals surface area contributed by atoms with Crippen LogP contribution in [0, 0.1) is 13.8 Å². The zero-order valence-corrected chi connectivity index (χ0v) is 14.3. The molecule has 1 heterocycles. The van der Waals surface area contributed by atoms with Crippen molar-refractivity contribution in [2.75, 3.05) is 7.11 Å². The van der Waals surface area contributed by atoms with Crippen molar-refractivity contribution in [2.45, 2.75) is 25.3 Å². The highest BCUT2D eigenvalue weighted by molar-refractivity contribution is 9.10. The Morgan fingerprint density at radius 3 is 2.57 bits per heavy atom. The molecule has 0 radical (unpaired) electrons. The Balaban J connectivity index is 2.49. The number of sulfonamides is 1. The molecule has 2 N–H and O–H groups in total. The fourth-order valence-corrected chi connectivity index (χ4v) is 3.66. The van der Waals surface area contributed by atoms with E-state index in [1.54, 1.807) is 25.6 Å². The molecule has 0 amide bonds. The van der Waals surface area contributed by atoms with Crippen LogP contribution < -0.4 is 9.88 Å². The Bertz CT molecular complexity index is 784. The fourth-order valence-electron chi connectivity index (χ4n) is 2.28. The van der Waals surface area contributed by atoms with Crippen molar-refractivity contribution in [1.82, 2.24) is 9.78 Å². The van der Waals surface area contributed by atoms with E-state index in [-0.39, 0.29) is 4.90 Å². The lowest BCUT2D eigenvalue weighted by molar-refractivity contribution is 0.407. The summed E-state index contributed by atoms with van der Waals surface area (Å²) in [6.07, 6.45) is 0. The van der Waals surface area contributed by atoms with Crippen molar-refractivity contribution in [3.8, 4) is 5.75 Å². The molecular weight excluding hydrogens is 358 g/mol. The standard InChI is InChI=1S/C13H16BrN3O3S/c1-8-13(21(15,18)19)9(2)17(16-8)7-10-6-11(14)4-5-12(10)20-3/h4-6H,7H2,1-3H3,(H2,15,18,19). The van der Waals surface area contributed by atoms with Crippen LogP contribution in [0.4, 0.5) is 0 Å². The van der Waals surface area contributed by atoms with Crippen LogP contribution in [0.2, 0.25) is 0 Å². The lowest BCUT2D eigenvalue weighted by atomic mass is 10.2. The summed E-state index contributed by atoms with van der Waals surface area (Å²) in [5.74, 6) is 0.711. The molecule has 1 aromatic carbocycles. The van der Waals surface area contributed by atoms with Gasteiger partial charge in [0.15, 0.2) is 0 Å². The van der Waals surface area contributed by atoms with Crippen LogP contribution in [0.15, 0.2) is 27.6 Å². The van der Waals surface area contributed by atoms with Gasteiger partial charge in [0, 0.05) is 10.0 Å². The van der Waals surface area contributed by atoms with E-state index in [1.807, 2.05) is 18.2 Å². The summed E-state index contributed by atoms with van der Waals surface area (Å²) < 4.78 is 31.1. The quantitative estimate of drug-likeness (QED) is 0.887. The third-order valence-corrected chi connectivity index (χ3v) is 4.82. The largest absolute Gasteiger partial charge is 0.496 e. The zero-order chi connectivity index (χ0) is 15.8. The molecule has 0 unspecified atom stereocenters. The van der Waals surface area contributed by atoms with Crippen molar-refractivity contribution in [1.29, 1.82) is 0 Å². The molecule has 8 heteroatoms. The molecule has 0 aliphatic rings. The maximum absolute atomic E-state index is 11.6. The SMILES string of the molecule is COc1ccc(Br)cc1Cn1nc(C)c(S(N)(=O)=O)c1C. The molecule has 0 aliphatic heterocycles. The average molecular weight is 374 g/mol. The second-order valence-electron chi connectivity index (χ2n) is 4.66. The van der Waals surface area contributed by atoms with E-state index in [9.17, 15) is 8.42 Å². The fraction of sp³-hybridized carbons (Fsp3) is 0.308. The van der Waals surface area contributed by atoms with Crippen molar-refractivity contribution >= 4 is 26.0 Å². The summed E-state index contributed by atoms with van der Waals surface area (Å²) in [5.41, 5.74) is 1.79. The van der Waals surface area contributed by atoms with E-state index in [1.165, 1.54) is 0 Å².